The van der Waals surface area contributed by atoms with E-state index in [-0.39, 0.29) is 24.0 Å². The third-order valence-electron chi connectivity index (χ3n) is 3.51. The molecule has 3 N–H and O–H groups in total. The van der Waals surface area contributed by atoms with Crippen LogP contribution in [0.4, 0.5) is 5.69 Å². The normalized spacial score (nSPS) is 11.0. The van der Waals surface area contributed by atoms with E-state index >= 15 is 0 Å². The maximum absolute atomic E-state index is 5.94. The Bertz CT molecular complexity index is 830. The van der Waals surface area contributed by atoms with Gasteiger partial charge in [-0.25, -0.2) is 4.98 Å². The molecule has 0 bridgehead atoms. The number of nitrogens with two attached hydrogens (primary N) is 1. The summed E-state index contributed by atoms with van der Waals surface area (Å²) < 4.78 is 0. The van der Waals surface area contributed by atoms with Crippen LogP contribution in [0.5, 0.6) is 0 Å². The van der Waals surface area contributed by atoms with Crippen molar-refractivity contribution in [3.63, 3.8) is 0 Å². The van der Waals surface area contributed by atoms with Crippen molar-refractivity contribution in [3.05, 3.63) is 71.2 Å². The Morgan fingerprint density at radius 3 is 2.72 bits per heavy atom. The van der Waals surface area contributed by atoms with Gasteiger partial charge in [-0.2, -0.15) is 0 Å². The number of aryl methyl sites for hydroxylation is 1. The standard InChI is InChI=1S/C19H20N4S.HI/c1-14-6-5-9-16(12-14)23-19(20)21-11-10-17-13-24-18(22-17)15-7-3-2-4-8-15;/h2-9,12-13H,10-11H2,1H3,(H3,20,21,23);1H. The molecule has 0 aliphatic heterocycles. The summed E-state index contributed by atoms with van der Waals surface area (Å²) in [4.78, 5) is 9.04. The quantitative estimate of drug-likeness (QED) is 0.327. The summed E-state index contributed by atoms with van der Waals surface area (Å²) in [5, 5.41) is 6.24. The Morgan fingerprint density at radius 1 is 1.16 bits per heavy atom. The summed E-state index contributed by atoms with van der Waals surface area (Å²) in [7, 11) is 0. The fourth-order valence-corrected chi connectivity index (χ4v) is 3.20. The van der Waals surface area contributed by atoms with Crippen LogP contribution in [0.2, 0.25) is 0 Å². The first-order chi connectivity index (χ1) is 11.7. The van der Waals surface area contributed by atoms with Crippen LogP contribution >= 0.6 is 35.3 Å². The maximum Gasteiger partial charge on any atom is 0.193 e. The summed E-state index contributed by atoms with van der Waals surface area (Å²) >= 11 is 1.66. The van der Waals surface area contributed by atoms with E-state index in [1.54, 1.807) is 11.3 Å². The molecule has 0 saturated carbocycles. The average molecular weight is 464 g/mol. The number of nitrogens with zero attached hydrogens (tertiary/aromatic N) is 2. The fourth-order valence-electron chi connectivity index (χ4n) is 2.34. The van der Waals surface area contributed by atoms with Crippen molar-refractivity contribution in [1.29, 1.82) is 0 Å². The van der Waals surface area contributed by atoms with Crippen LogP contribution in [-0.4, -0.2) is 17.5 Å². The second-order valence-electron chi connectivity index (χ2n) is 5.52. The molecule has 2 aromatic carbocycles. The number of rotatable bonds is 5. The van der Waals surface area contributed by atoms with E-state index in [0.29, 0.717) is 12.5 Å². The van der Waals surface area contributed by atoms with Crippen LogP contribution in [0.15, 0.2) is 65.0 Å². The molecule has 4 nitrogen and oxygen atoms in total. The van der Waals surface area contributed by atoms with Gasteiger partial charge in [0.05, 0.1) is 5.69 Å². The molecule has 0 atom stereocenters. The molecule has 0 aliphatic rings. The van der Waals surface area contributed by atoms with Gasteiger partial charge in [0.25, 0.3) is 0 Å². The molecule has 0 saturated heterocycles. The molecule has 25 heavy (non-hydrogen) atoms. The van der Waals surface area contributed by atoms with Crippen LogP contribution in [0, 0.1) is 6.92 Å². The van der Waals surface area contributed by atoms with E-state index in [1.165, 1.54) is 5.56 Å². The lowest BCUT2D eigenvalue weighted by molar-refractivity contribution is 0.934. The van der Waals surface area contributed by atoms with E-state index in [2.05, 4.69) is 32.8 Å². The van der Waals surface area contributed by atoms with Crippen molar-refractivity contribution < 1.29 is 0 Å². The average Bonchev–Trinajstić information content (AvgIpc) is 3.04. The molecule has 6 heteroatoms. The van der Waals surface area contributed by atoms with Crippen molar-refractivity contribution >= 4 is 47.0 Å². The smallest absolute Gasteiger partial charge is 0.193 e. The number of aliphatic imine (C=N–C) groups is 1. The van der Waals surface area contributed by atoms with E-state index < -0.39 is 0 Å². The van der Waals surface area contributed by atoms with E-state index in [1.807, 2.05) is 49.4 Å². The van der Waals surface area contributed by atoms with Crippen molar-refractivity contribution in [1.82, 2.24) is 4.98 Å². The number of aromatic nitrogens is 1. The molecular formula is C19H21IN4S. The van der Waals surface area contributed by atoms with E-state index in [9.17, 15) is 0 Å². The first kappa shape index (κ1) is 19.4. The summed E-state index contributed by atoms with van der Waals surface area (Å²) in [6, 6.07) is 18.3. The highest BCUT2D eigenvalue weighted by atomic mass is 127. The number of halogens is 1. The van der Waals surface area contributed by atoms with Crippen molar-refractivity contribution in [3.8, 4) is 10.6 Å². The van der Waals surface area contributed by atoms with Gasteiger partial charge in [-0.3, -0.25) is 4.99 Å². The van der Waals surface area contributed by atoms with Crippen LogP contribution in [0.3, 0.4) is 0 Å². The summed E-state index contributed by atoms with van der Waals surface area (Å²) in [5.41, 5.74) is 10.3. The van der Waals surface area contributed by atoms with Crippen molar-refractivity contribution in [2.75, 3.05) is 11.9 Å². The van der Waals surface area contributed by atoms with Crippen molar-refractivity contribution in [2.24, 2.45) is 10.7 Å². The molecule has 0 fully saturated rings. The Kier molecular flexibility index (Phi) is 7.39. The fraction of sp³-hybridized carbons (Fsp3) is 0.158. The zero-order valence-corrected chi connectivity index (χ0v) is 17.1. The summed E-state index contributed by atoms with van der Waals surface area (Å²) in [6.45, 7) is 2.66. The number of nitrogens with one attached hydrogen (secondary N) is 1. The molecule has 3 aromatic rings. The highest BCUT2D eigenvalue weighted by molar-refractivity contribution is 14.0. The van der Waals surface area contributed by atoms with E-state index in [4.69, 9.17) is 5.73 Å². The van der Waals surface area contributed by atoms with Crippen LogP contribution in [0.25, 0.3) is 10.6 Å². The molecule has 0 amide bonds. The molecule has 0 spiro atoms. The number of hydrogen-bond donors (Lipinski definition) is 2. The molecule has 3 rings (SSSR count). The topological polar surface area (TPSA) is 63.3 Å². The monoisotopic (exact) mass is 464 g/mol. The van der Waals surface area contributed by atoms with Gasteiger partial charge in [0.15, 0.2) is 5.96 Å². The Balaban J connectivity index is 0.00000225. The molecule has 0 unspecified atom stereocenters. The molecule has 0 aliphatic carbocycles. The van der Waals surface area contributed by atoms with E-state index in [0.717, 1.165) is 28.4 Å². The maximum atomic E-state index is 5.94. The largest absolute Gasteiger partial charge is 0.370 e. The van der Waals surface area contributed by atoms with Gasteiger partial charge in [0.2, 0.25) is 0 Å². The minimum Gasteiger partial charge on any atom is -0.370 e. The zero-order chi connectivity index (χ0) is 16.8. The summed E-state index contributed by atoms with van der Waals surface area (Å²) in [5.74, 6) is 0.430. The third kappa shape index (κ3) is 5.82. The highest BCUT2D eigenvalue weighted by Gasteiger charge is 2.04. The molecule has 1 aromatic heterocycles. The number of thiazole rings is 1. The third-order valence-corrected chi connectivity index (χ3v) is 4.45. The Hall–Kier alpha value is -1.93. The number of guanidine groups is 1. The van der Waals surface area contributed by atoms with Crippen LogP contribution < -0.4 is 11.1 Å². The van der Waals surface area contributed by atoms with Crippen molar-refractivity contribution in [2.45, 2.75) is 13.3 Å². The van der Waals surface area contributed by atoms with Gasteiger partial charge < -0.3 is 11.1 Å². The zero-order valence-electron chi connectivity index (χ0n) is 14.0. The van der Waals surface area contributed by atoms with Gasteiger partial charge >= 0.3 is 0 Å². The summed E-state index contributed by atoms with van der Waals surface area (Å²) in [6.07, 6.45) is 0.777. The minimum absolute atomic E-state index is 0. The number of benzene rings is 2. The predicted octanol–water partition coefficient (Wildman–Crippen LogP) is 4.71. The van der Waals surface area contributed by atoms with Crippen LogP contribution in [0.1, 0.15) is 11.3 Å². The lowest BCUT2D eigenvalue weighted by Crippen LogP contribution is -2.23. The number of anilines is 1. The molecule has 0 radical (unpaired) electrons. The lowest BCUT2D eigenvalue weighted by Gasteiger charge is -2.06. The first-order valence-electron chi connectivity index (χ1n) is 7.84. The molecule has 1 heterocycles. The second-order valence-corrected chi connectivity index (χ2v) is 6.38. The van der Waals surface area contributed by atoms with Gasteiger partial charge in [-0.15, -0.1) is 35.3 Å². The number of hydrogen-bond acceptors (Lipinski definition) is 3. The molecule has 130 valence electrons. The van der Waals surface area contributed by atoms with Gasteiger partial charge in [-0.05, 0) is 24.6 Å². The van der Waals surface area contributed by atoms with Gasteiger partial charge in [0, 0.05) is 29.6 Å². The van der Waals surface area contributed by atoms with Gasteiger partial charge in [-0.1, -0.05) is 42.5 Å². The molecular weight excluding hydrogens is 443 g/mol. The Labute approximate surface area is 169 Å². The SMILES string of the molecule is Cc1cccc(NC(N)=NCCc2csc(-c3ccccc3)n2)c1.I. The lowest BCUT2D eigenvalue weighted by atomic mass is 10.2. The predicted molar refractivity (Wildman–Crippen MR) is 118 cm³/mol. The highest BCUT2D eigenvalue weighted by Crippen LogP contribution is 2.23. The minimum atomic E-state index is 0. The van der Waals surface area contributed by atoms with Crippen LogP contribution in [-0.2, 0) is 6.42 Å². The van der Waals surface area contributed by atoms with Gasteiger partial charge in [0.1, 0.15) is 5.01 Å². The first-order valence-corrected chi connectivity index (χ1v) is 8.72. The Morgan fingerprint density at radius 2 is 1.96 bits per heavy atom. The second kappa shape index (κ2) is 9.53.